The molecule has 17 heavy (non-hydrogen) atoms. The van der Waals surface area contributed by atoms with Crippen LogP contribution in [0.15, 0.2) is 9.81 Å². The molecule has 1 heterocycles. The molecule has 0 fully saturated rings. The maximum Gasteiger partial charge on any atom is 0.140 e. The molecule has 1 atom stereocenters. The number of Topliss-reactive ketones (excluding diaryl/α,β-unsaturated/α-hetero) is 1. The van der Waals surface area contributed by atoms with Crippen LogP contribution in [-0.2, 0) is 4.79 Å². The van der Waals surface area contributed by atoms with Crippen LogP contribution in [0.5, 0.6) is 0 Å². The third-order valence-corrected chi connectivity index (χ3v) is 6.48. The quantitative estimate of drug-likeness (QED) is 0.601. The maximum absolute atomic E-state index is 11.7. The topological polar surface area (TPSA) is 40.9 Å². The Morgan fingerprint density at radius 3 is 2.35 bits per heavy atom. The van der Waals surface area contributed by atoms with Crippen molar-refractivity contribution in [2.24, 2.45) is 10.8 Å². The summed E-state index contributed by atoms with van der Waals surface area (Å²) in [5.74, 6) is 1.04. The summed E-state index contributed by atoms with van der Waals surface area (Å²) in [4.78, 5) is 11.7. The van der Waals surface area contributed by atoms with Crippen LogP contribution in [0, 0.1) is 16.2 Å². The highest BCUT2D eigenvalue weighted by atomic mass is 32.2. The van der Waals surface area contributed by atoms with Crippen molar-refractivity contribution in [3.05, 3.63) is 9.81 Å². The van der Waals surface area contributed by atoms with Crippen molar-refractivity contribution in [2.75, 3.05) is 5.75 Å². The van der Waals surface area contributed by atoms with Crippen LogP contribution in [0.3, 0.4) is 0 Å². The molecular formula is C13H21NOS2. The van der Waals surface area contributed by atoms with Gasteiger partial charge < -0.3 is 0 Å². The molecule has 96 valence electrons. The number of thioether (sulfide) groups is 2. The molecule has 1 aliphatic rings. The predicted molar refractivity (Wildman–Crippen MR) is 78.7 cm³/mol. The number of ketones is 1. The zero-order valence-electron chi connectivity index (χ0n) is 11.4. The lowest BCUT2D eigenvalue weighted by atomic mass is 9.82. The Labute approximate surface area is 113 Å². The molecule has 1 N–H and O–H groups in total. The van der Waals surface area contributed by atoms with Gasteiger partial charge in [-0.1, -0.05) is 32.5 Å². The summed E-state index contributed by atoms with van der Waals surface area (Å²) in [5.41, 5.74) is 0.688. The SMILES string of the molecule is CC(=O)C1(C)CSC(SC(=N)C(C)(C)C)=C1C. The fourth-order valence-electron chi connectivity index (χ4n) is 1.37. The van der Waals surface area contributed by atoms with Gasteiger partial charge in [-0.15, -0.1) is 11.8 Å². The van der Waals surface area contributed by atoms with Gasteiger partial charge >= 0.3 is 0 Å². The van der Waals surface area contributed by atoms with Gasteiger partial charge in [0.1, 0.15) is 5.78 Å². The second-order valence-electron chi connectivity index (χ2n) is 5.77. The first-order chi connectivity index (χ1) is 7.59. The van der Waals surface area contributed by atoms with E-state index in [0.717, 1.165) is 15.6 Å². The van der Waals surface area contributed by atoms with E-state index in [4.69, 9.17) is 5.41 Å². The van der Waals surface area contributed by atoms with Gasteiger partial charge in [0, 0.05) is 15.4 Å². The van der Waals surface area contributed by atoms with Gasteiger partial charge in [0.05, 0.1) is 10.5 Å². The summed E-state index contributed by atoms with van der Waals surface area (Å²) in [5, 5.41) is 8.72. The summed E-state index contributed by atoms with van der Waals surface area (Å²) in [7, 11) is 0. The maximum atomic E-state index is 11.7. The van der Waals surface area contributed by atoms with Crippen molar-refractivity contribution < 1.29 is 4.79 Å². The zero-order valence-corrected chi connectivity index (χ0v) is 13.1. The lowest BCUT2D eigenvalue weighted by molar-refractivity contribution is -0.122. The molecule has 0 aromatic rings. The van der Waals surface area contributed by atoms with Gasteiger partial charge in [-0.25, -0.2) is 0 Å². The van der Waals surface area contributed by atoms with Crippen LogP contribution in [0.25, 0.3) is 0 Å². The van der Waals surface area contributed by atoms with Crippen LogP contribution in [0.2, 0.25) is 0 Å². The fraction of sp³-hybridized carbons (Fsp3) is 0.692. The summed E-state index contributed by atoms with van der Waals surface area (Å²) < 4.78 is 1.14. The number of carbonyl (C=O) groups excluding carboxylic acids is 1. The van der Waals surface area contributed by atoms with E-state index in [1.807, 2.05) is 34.6 Å². The molecule has 0 aromatic carbocycles. The molecule has 1 rings (SSSR count). The van der Waals surface area contributed by atoms with E-state index in [2.05, 4.69) is 0 Å². The number of hydrogen-bond acceptors (Lipinski definition) is 4. The standard InChI is InChI=1S/C13H21NOS2/c1-8-10(17-11(14)12(3,4)5)16-7-13(8,6)9(2)15/h14H,7H2,1-6H3. The third kappa shape index (κ3) is 2.97. The van der Waals surface area contributed by atoms with Crippen LogP contribution >= 0.6 is 23.5 Å². The number of rotatable bonds is 2. The summed E-state index contributed by atoms with van der Waals surface area (Å²) in [6, 6.07) is 0. The second-order valence-corrected chi connectivity index (χ2v) is 8.04. The van der Waals surface area contributed by atoms with Gasteiger partial charge in [0.25, 0.3) is 0 Å². The number of carbonyl (C=O) groups is 1. The number of hydrogen-bond donors (Lipinski definition) is 1. The first kappa shape index (κ1) is 14.8. The fourth-order valence-corrected chi connectivity index (χ4v) is 4.18. The van der Waals surface area contributed by atoms with Crippen LogP contribution < -0.4 is 0 Å². The van der Waals surface area contributed by atoms with Crippen LogP contribution in [0.1, 0.15) is 41.5 Å². The average Bonchev–Trinajstić information content (AvgIpc) is 2.46. The molecule has 0 bridgehead atoms. The van der Waals surface area contributed by atoms with Crippen molar-refractivity contribution in [3.8, 4) is 0 Å². The van der Waals surface area contributed by atoms with E-state index < -0.39 is 0 Å². The first-order valence-electron chi connectivity index (χ1n) is 5.71. The first-order valence-corrected chi connectivity index (χ1v) is 7.51. The highest BCUT2D eigenvalue weighted by molar-refractivity contribution is 8.29. The molecule has 0 saturated heterocycles. The van der Waals surface area contributed by atoms with Gasteiger partial charge in [-0.2, -0.15) is 0 Å². The lowest BCUT2D eigenvalue weighted by Gasteiger charge is -2.22. The minimum atomic E-state index is -0.328. The van der Waals surface area contributed by atoms with Crippen LogP contribution in [0.4, 0.5) is 0 Å². The van der Waals surface area contributed by atoms with Crippen molar-refractivity contribution in [3.63, 3.8) is 0 Å². The van der Waals surface area contributed by atoms with E-state index >= 15 is 0 Å². The number of nitrogens with one attached hydrogen (secondary N) is 1. The van der Waals surface area contributed by atoms with Gasteiger partial charge in [-0.05, 0) is 26.3 Å². The van der Waals surface area contributed by atoms with E-state index in [1.54, 1.807) is 18.7 Å². The van der Waals surface area contributed by atoms with E-state index in [0.29, 0.717) is 5.04 Å². The van der Waals surface area contributed by atoms with E-state index in [1.165, 1.54) is 11.8 Å². The summed E-state index contributed by atoms with van der Waals surface area (Å²) in [6.45, 7) is 11.8. The van der Waals surface area contributed by atoms with E-state index in [-0.39, 0.29) is 16.6 Å². The Morgan fingerprint density at radius 1 is 1.47 bits per heavy atom. The zero-order chi connectivity index (χ0) is 13.4. The predicted octanol–water partition coefficient (Wildman–Crippen LogP) is 4.32. The highest BCUT2D eigenvalue weighted by Gasteiger charge is 2.39. The molecule has 2 nitrogen and oxygen atoms in total. The Hall–Kier alpha value is -0.220. The number of allylic oxidation sites excluding steroid dienone is 1. The molecular weight excluding hydrogens is 250 g/mol. The average molecular weight is 271 g/mol. The van der Waals surface area contributed by atoms with Gasteiger partial charge in [-0.3, -0.25) is 10.2 Å². The Balaban J connectivity index is 2.92. The van der Waals surface area contributed by atoms with E-state index in [9.17, 15) is 4.79 Å². The molecule has 0 spiro atoms. The summed E-state index contributed by atoms with van der Waals surface area (Å²) >= 11 is 3.23. The molecule has 0 aliphatic carbocycles. The Kier molecular flexibility index (Phi) is 4.20. The summed E-state index contributed by atoms with van der Waals surface area (Å²) in [6.07, 6.45) is 0. The van der Waals surface area contributed by atoms with Crippen LogP contribution in [-0.4, -0.2) is 16.6 Å². The molecule has 0 saturated carbocycles. The van der Waals surface area contributed by atoms with Crippen molar-refractivity contribution >= 4 is 34.4 Å². The monoisotopic (exact) mass is 271 g/mol. The molecule has 4 heteroatoms. The van der Waals surface area contributed by atoms with Gasteiger partial charge in [0.2, 0.25) is 0 Å². The minimum Gasteiger partial charge on any atom is -0.299 e. The van der Waals surface area contributed by atoms with Crippen molar-refractivity contribution in [1.29, 1.82) is 5.41 Å². The Morgan fingerprint density at radius 2 is 2.00 bits per heavy atom. The van der Waals surface area contributed by atoms with Crippen molar-refractivity contribution in [2.45, 2.75) is 41.5 Å². The highest BCUT2D eigenvalue weighted by Crippen LogP contribution is 2.50. The molecule has 0 aromatic heterocycles. The molecule has 1 aliphatic heterocycles. The normalized spacial score (nSPS) is 25.3. The third-order valence-electron chi connectivity index (χ3n) is 3.28. The van der Waals surface area contributed by atoms with Crippen molar-refractivity contribution in [1.82, 2.24) is 0 Å². The molecule has 0 amide bonds. The molecule has 0 radical (unpaired) electrons. The largest absolute Gasteiger partial charge is 0.299 e. The smallest absolute Gasteiger partial charge is 0.140 e. The Bertz CT molecular complexity index is 393. The lowest BCUT2D eigenvalue weighted by Crippen LogP contribution is -2.26. The molecule has 1 unspecified atom stereocenters. The van der Waals surface area contributed by atoms with Gasteiger partial charge in [0.15, 0.2) is 0 Å². The minimum absolute atomic E-state index is 0.117. The second kappa shape index (κ2) is 4.81.